The zero-order valence-corrected chi connectivity index (χ0v) is 16.7. The number of thiazole rings is 1. The van der Waals surface area contributed by atoms with Crippen LogP contribution < -0.4 is 15.5 Å². The SMILES string of the molecule is Cc1ccc(CN=C(N)N2CCN(c3nccs3)CC2)c(N2CCCC2)n1. The molecule has 4 heterocycles. The summed E-state index contributed by atoms with van der Waals surface area (Å²) in [5, 5.41) is 3.11. The van der Waals surface area contributed by atoms with E-state index in [1.807, 2.05) is 18.5 Å². The minimum Gasteiger partial charge on any atom is -0.370 e. The summed E-state index contributed by atoms with van der Waals surface area (Å²) in [7, 11) is 0. The molecular weight excluding hydrogens is 358 g/mol. The molecule has 2 aromatic rings. The fraction of sp³-hybridized carbons (Fsp3) is 0.526. The highest BCUT2D eigenvalue weighted by Gasteiger charge is 2.21. The quantitative estimate of drug-likeness (QED) is 0.642. The van der Waals surface area contributed by atoms with Crippen LogP contribution in [0.1, 0.15) is 24.1 Å². The van der Waals surface area contributed by atoms with Gasteiger partial charge in [-0.15, -0.1) is 11.3 Å². The number of nitrogens with two attached hydrogens (primary N) is 1. The lowest BCUT2D eigenvalue weighted by molar-refractivity contribution is 0.380. The van der Waals surface area contributed by atoms with Crippen LogP contribution >= 0.6 is 11.3 Å². The van der Waals surface area contributed by atoms with E-state index in [-0.39, 0.29) is 0 Å². The number of nitrogens with zero attached hydrogens (tertiary/aromatic N) is 6. The third-order valence-corrected chi connectivity index (χ3v) is 6.04. The van der Waals surface area contributed by atoms with Crippen LogP contribution in [0.2, 0.25) is 0 Å². The highest BCUT2D eigenvalue weighted by Crippen LogP contribution is 2.24. The number of aryl methyl sites for hydroxylation is 1. The summed E-state index contributed by atoms with van der Waals surface area (Å²) in [6, 6.07) is 4.21. The number of aromatic nitrogens is 2. The molecule has 0 aliphatic carbocycles. The van der Waals surface area contributed by atoms with E-state index in [0.717, 1.165) is 61.5 Å². The standard InChI is InChI=1S/C19H27N7S/c1-15-4-5-16(17(23-15)24-7-2-3-8-24)14-22-18(20)25-9-11-26(12-10-25)19-21-6-13-27-19/h4-6,13H,2-3,7-12,14H2,1H3,(H2,20,22). The molecule has 2 fully saturated rings. The largest absolute Gasteiger partial charge is 0.370 e. The van der Waals surface area contributed by atoms with Crippen LogP contribution in [-0.2, 0) is 6.54 Å². The first-order chi connectivity index (χ1) is 13.2. The smallest absolute Gasteiger partial charge is 0.191 e. The van der Waals surface area contributed by atoms with Crippen LogP contribution in [0.25, 0.3) is 0 Å². The van der Waals surface area contributed by atoms with Gasteiger partial charge in [0.25, 0.3) is 0 Å². The molecule has 0 aromatic carbocycles. The van der Waals surface area contributed by atoms with Crippen LogP contribution in [-0.4, -0.2) is 60.1 Å². The van der Waals surface area contributed by atoms with E-state index in [1.165, 1.54) is 12.8 Å². The molecule has 0 spiro atoms. The summed E-state index contributed by atoms with van der Waals surface area (Å²) < 4.78 is 0. The van der Waals surface area contributed by atoms with Crippen LogP contribution in [0.3, 0.4) is 0 Å². The summed E-state index contributed by atoms with van der Waals surface area (Å²) in [6.45, 7) is 8.40. The maximum atomic E-state index is 6.30. The molecular formula is C19H27N7S. The second kappa shape index (κ2) is 8.12. The Morgan fingerprint density at radius 3 is 2.59 bits per heavy atom. The van der Waals surface area contributed by atoms with Gasteiger partial charge < -0.3 is 20.4 Å². The van der Waals surface area contributed by atoms with E-state index in [4.69, 9.17) is 10.7 Å². The van der Waals surface area contributed by atoms with Crippen molar-refractivity contribution in [3.05, 3.63) is 35.0 Å². The Labute approximate surface area is 164 Å². The molecule has 2 N–H and O–H groups in total. The number of pyridine rings is 1. The van der Waals surface area contributed by atoms with Crippen molar-refractivity contribution in [1.82, 2.24) is 14.9 Å². The van der Waals surface area contributed by atoms with Crippen molar-refractivity contribution in [3.8, 4) is 0 Å². The zero-order chi connectivity index (χ0) is 18.6. The van der Waals surface area contributed by atoms with E-state index in [0.29, 0.717) is 12.5 Å². The van der Waals surface area contributed by atoms with Crippen molar-refractivity contribution < 1.29 is 0 Å². The molecule has 2 aliphatic heterocycles. The van der Waals surface area contributed by atoms with Gasteiger partial charge in [-0.05, 0) is 25.8 Å². The molecule has 7 nitrogen and oxygen atoms in total. The van der Waals surface area contributed by atoms with Crippen molar-refractivity contribution in [1.29, 1.82) is 0 Å². The molecule has 0 unspecified atom stereocenters. The van der Waals surface area contributed by atoms with Crippen LogP contribution in [0.5, 0.6) is 0 Å². The van der Waals surface area contributed by atoms with Gasteiger partial charge in [-0.2, -0.15) is 0 Å². The second-order valence-electron chi connectivity index (χ2n) is 7.09. The van der Waals surface area contributed by atoms with Crippen molar-refractivity contribution >= 4 is 28.2 Å². The fourth-order valence-electron chi connectivity index (χ4n) is 3.66. The van der Waals surface area contributed by atoms with Crippen molar-refractivity contribution in [2.24, 2.45) is 10.7 Å². The topological polar surface area (TPSA) is 73.9 Å². The molecule has 27 heavy (non-hydrogen) atoms. The average Bonchev–Trinajstić information content (AvgIpc) is 3.41. The van der Waals surface area contributed by atoms with Crippen molar-refractivity contribution in [2.75, 3.05) is 49.1 Å². The minimum atomic E-state index is 0.581. The first-order valence-corrected chi connectivity index (χ1v) is 10.5. The molecule has 8 heteroatoms. The number of hydrogen-bond acceptors (Lipinski definition) is 6. The minimum absolute atomic E-state index is 0.581. The highest BCUT2D eigenvalue weighted by atomic mass is 32.1. The molecule has 2 saturated heterocycles. The Morgan fingerprint density at radius 2 is 1.89 bits per heavy atom. The number of hydrogen-bond donors (Lipinski definition) is 1. The maximum absolute atomic E-state index is 6.30. The summed E-state index contributed by atoms with van der Waals surface area (Å²) in [4.78, 5) is 20.7. The van der Waals surface area contributed by atoms with Crippen molar-refractivity contribution in [3.63, 3.8) is 0 Å². The lowest BCUT2D eigenvalue weighted by atomic mass is 10.2. The summed E-state index contributed by atoms with van der Waals surface area (Å²) in [6.07, 6.45) is 4.34. The van der Waals surface area contributed by atoms with Gasteiger partial charge in [0.15, 0.2) is 11.1 Å². The lowest BCUT2D eigenvalue weighted by Crippen LogP contribution is -2.51. The molecule has 2 aromatic heterocycles. The molecule has 144 valence electrons. The third-order valence-electron chi connectivity index (χ3n) is 5.21. The van der Waals surface area contributed by atoms with Crippen LogP contribution in [0.15, 0.2) is 28.7 Å². The first kappa shape index (κ1) is 18.0. The predicted molar refractivity (Wildman–Crippen MR) is 112 cm³/mol. The van der Waals surface area contributed by atoms with Crippen molar-refractivity contribution in [2.45, 2.75) is 26.3 Å². The van der Waals surface area contributed by atoms with Gasteiger partial charge in [0.05, 0.1) is 6.54 Å². The normalized spacial score (nSPS) is 18.4. The average molecular weight is 386 g/mol. The summed E-state index contributed by atoms with van der Waals surface area (Å²) >= 11 is 1.68. The Morgan fingerprint density at radius 1 is 1.11 bits per heavy atom. The monoisotopic (exact) mass is 385 g/mol. The predicted octanol–water partition coefficient (Wildman–Crippen LogP) is 2.08. The van der Waals surface area contributed by atoms with Gasteiger partial charge in [-0.1, -0.05) is 6.07 Å². The van der Waals surface area contributed by atoms with Gasteiger partial charge >= 0.3 is 0 Å². The van der Waals surface area contributed by atoms with Crippen LogP contribution in [0.4, 0.5) is 10.9 Å². The Bertz CT molecular complexity index is 775. The molecule has 0 radical (unpaired) electrons. The zero-order valence-electron chi connectivity index (χ0n) is 15.8. The molecule has 0 saturated carbocycles. The van der Waals surface area contributed by atoms with Gasteiger partial charge in [-0.25, -0.2) is 15.0 Å². The van der Waals surface area contributed by atoms with Gasteiger partial charge in [0, 0.05) is 62.1 Å². The van der Waals surface area contributed by atoms with E-state index < -0.39 is 0 Å². The van der Waals surface area contributed by atoms with Gasteiger partial charge in [-0.3, -0.25) is 0 Å². The Hall–Kier alpha value is -2.35. The highest BCUT2D eigenvalue weighted by molar-refractivity contribution is 7.13. The Kier molecular flexibility index (Phi) is 5.42. The summed E-state index contributed by atoms with van der Waals surface area (Å²) in [5.74, 6) is 1.71. The molecule has 0 amide bonds. The number of aliphatic imine (C=N–C) groups is 1. The van der Waals surface area contributed by atoms with Crippen LogP contribution in [0, 0.1) is 6.92 Å². The summed E-state index contributed by atoms with van der Waals surface area (Å²) in [5.41, 5.74) is 8.52. The molecule has 0 atom stereocenters. The lowest BCUT2D eigenvalue weighted by Gasteiger charge is -2.35. The van der Waals surface area contributed by atoms with E-state index in [2.05, 4.69) is 36.8 Å². The number of piperazine rings is 1. The van der Waals surface area contributed by atoms with E-state index in [1.54, 1.807) is 11.3 Å². The number of rotatable bonds is 4. The maximum Gasteiger partial charge on any atom is 0.191 e. The first-order valence-electron chi connectivity index (χ1n) is 9.61. The molecule has 4 rings (SSSR count). The second-order valence-corrected chi connectivity index (χ2v) is 7.97. The fourth-order valence-corrected chi connectivity index (χ4v) is 4.36. The van der Waals surface area contributed by atoms with E-state index >= 15 is 0 Å². The van der Waals surface area contributed by atoms with Gasteiger partial charge in [0.2, 0.25) is 0 Å². The Balaban J connectivity index is 1.40. The third kappa shape index (κ3) is 4.16. The number of anilines is 2. The van der Waals surface area contributed by atoms with Gasteiger partial charge in [0.1, 0.15) is 5.82 Å². The van der Waals surface area contributed by atoms with E-state index in [9.17, 15) is 0 Å². The molecule has 2 aliphatic rings. The molecule has 0 bridgehead atoms. The number of guanidine groups is 1.